The summed E-state index contributed by atoms with van der Waals surface area (Å²) in [5.74, 6) is -0.0270. The number of pyridine rings is 1. The van der Waals surface area contributed by atoms with Crippen molar-refractivity contribution in [2.45, 2.75) is 4.90 Å². The molecule has 0 unspecified atom stereocenters. The number of H-pyrrole nitrogens is 2. The molecule has 3 N–H and O–H groups in total. The fourth-order valence-corrected chi connectivity index (χ4v) is 2.13. The molecule has 0 aliphatic heterocycles. The van der Waals surface area contributed by atoms with Gasteiger partial charge in [0.25, 0.3) is 15.6 Å². The summed E-state index contributed by atoms with van der Waals surface area (Å²) in [5.41, 5.74) is -0.849. The zero-order valence-corrected chi connectivity index (χ0v) is 9.69. The van der Waals surface area contributed by atoms with Crippen LogP contribution in [0.25, 0.3) is 0 Å². The second-order valence-corrected chi connectivity index (χ2v) is 4.98. The highest BCUT2D eigenvalue weighted by Crippen LogP contribution is 2.10. The lowest BCUT2D eigenvalue weighted by molar-refractivity contribution is 0.600. The van der Waals surface area contributed by atoms with E-state index in [0.717, 1.165) is 24.4 Å². The molecular weight excluding hydrogens is 260 g/mol. The van der Waals surface area contributed by atoms with Gasteiger partial charge in [0, 0.05) is 18.3 Å². The van der Waals surface area contributed by atoms with E-state index in [1.54, 1.807) is 0 Å². The first-order valence-electron chi connectivity index (χ1n) is 4.75. The molecule has 0 aliphatic carbocycles. The summed E-state index contributed by atoms with van der Waals surface area (Å²) in [4.78, 5) is 23.7. The zero-order valence-electron chi connectivity index (χ0n) is 8.88. The van der Waals surface area contributed by atoms with Crippen molar-refractivity contribution in [3.8, 4) is 0 Å². The second kappa shape index (κ2) is 4.45. The fourth-order valence-electron chi connectivity index (χ4n) is 1.16. The van der Waals surface area contributed by atoms with Gasteiger partial charge in [-0.25, -0.2) is 13.5 Å². The number of hydrogen-bond donors (Lipinski definition) is 3. The average Bonchev–Trinajstić information content (AvgIpc) is 2.32. The van der Waals surface area contributed by atoms with E-state index in [2.05, 4.69) is 19.9 Å². The van der Waals surface area contributed by atoms with E-state index in [1.807, 2.05) is 0 Å². The molecule has 2 heterocycles. The highest BCUT2D eigenvalue weighted by molar-refractivity contribution is 7.92. The van der Waals surface area contributed by atoms with Crippen molar-refractivity contribution in [2.24, 2.45) is 0 Å². The molecule has 0 spiro atoms. The average molecular weight is 268 g/mol. The van der Waals surface area contributed by atoms with Gasteiger partial charge in [0.15, 0.2) is 5.82 Å². The molecule has 2 aromatic rings. The van der Waals surface area contributed by atoms with Crippen LogP contribution in [-0.2, 0) is 10.0 Å². The molecule has 0 aliphatic rings. The largest absolute Gasteiger partial charge is 0.328 e. The lowest BCUT2D eigenvalue weighted by Gasteiger charge is -2.05. The lowest BCUT2D eigenvalue weighted by Crippen LogP contribution is -2.17. The van der Waals surface area contributed by atoms with Gasteiger partial charge in [-0.15, -0.1) is 0 Å². The standard InChI is InChI=1S/C9H8N4O4S/c14-8-3-1-6(5-10-8)18(16,17)13-7-2-4-9(15)12-11-7/h1-5H,(H,10,14)(H,11,13)(H,12,15). The van der Waals surface area contributed by atoms with Gasteiger partial charge in [-0.1, -0.05) is 0 Å². The number of rotatable bonds is 3. The molecule has 9 heteroatoms. The minimum atomic E-state index is -3.85. The molecule has 2 aromatic heterocycles. The Morgan fingerprint density at radius 1 is 1.06 bits per heavy atom. The predicted octanol–water partition coefficient (Wildman–Crippen LogP) is -0.741. The first kappa shape index (κ1) is 12.0. The number of sulfonamides is 1. The summed E-state index contributed by atoms with van der Waals surface area (Å²) in [5, 5.41) is 5.60. The molecule has 0 radical (unpaired) electrons. The molecule has 0 amide bonds. The maximum absolute atomic E-state index is 11.8. The van der Waals surface area contributed by atoms with Crippen LogP contribution in [0.15, 0.2) is 44.9 Å². The third-order valence-electron chi connectivity index (χ3n) is 1.98. The van der Waals surface area contributed by atoms with Gasteiger partial charge in [-0.05, 0) is 12.1 Å². The Hall–Kier alpha value is -2.42. The summed E-state index contributed by atoms with van der Waals surface area (Å²) in [6.07, 6.45) is 1.07. The second-order valence-electron chi connectivity index (χ2n) is 3.30. The van der Waals surface area contributed by atoms with Gasteiger partial charge in [-0.2, -0.15) is 5.10 Å². The van der Waals surface area contributed by atoms with Gasteiger partial charge < -0.3 is 4.98 Å². The summed E-state index contributed by atoms with van der Waals surface area (Å²) in [7, 11) is -3.85. The molecule has 0 bridgehead atoms. The number of aromatic nitrogens is 3. The van der Waals surface area contributed by atoms with Crippen LogP contribution >= 0.6 is 0 Å². The highest BCUT2D eigenvalue weighted by Gasteiger charge is 2.14. The van der Waals surface area contributed by atoms with Crippen LogP contribution < -0.4 is 15.8 Å². The van der Waals surface area contributed by atoms with Crippen molar-refractivity contribution in [2.75, 3.05) is 4.72 Å². The van der Waals surface area contributed by atoms with E-state index in [1.165, 1.54) is 6.07 Å². The van der Waals surface area contributed by atoms with E-state index >= 15 is 0 Å². The SMILES string of the molecule is O=c1ccc(S(=O)(=O)Nc2ccc(=O)[nH]n2)c[nH]1. The van der Waals surface area contributed by atoms with Crippen molar-refractivity contribution >= 4 is 15.8 Å². The Morgan fingerprint density at radius 2 is 1.78 bits per heavy atom. The van der Waals surface area contributed by atoms with Gasteiger partial charge in [0.1, 0.15) is 4.90 Å². The fraction of sp³-hybridized carbons (Fsp3) is 0. The Kier molecular flexibility index (Phi) is 2.98. The van der Waals surface area contributed by atoms with E-state index in [-0.39, 0.29) is 10.7 Å². The van der Waals surface area contributed by atoms with E-state index in [9.17, 15) is 18.0 Å². The van der Waals surface area contributed by atoms with Crippen LogP contribution in [0.1, 0.15) is 0 Å². The van der Waals surface area contributed by atoms with E-state index in [4.69, 9.17) is 0 Å². The lowest BCUT2D eigenvalue weighted by atomic mass is 10.5. The van der Waals surface area contributed by atoms with Crippen LogP contribution in [0.3, 0.4) is 0 Å². The number of aromatic amines is 2. The summed E-state index contributed by atoms with van der Waals surface area (Å²) in [6.45, 7) is 0. The molecule has 0 fully saturated rings. The molecule has 2 rings (SSSR count). The minimum Gasteiger partial charge on any atom is -0.328 e. The molecule has 0 aromatic carbocycles. The Morgan fingerprint density at radius 3 is 2.33 bits per heavy atom. The van der Waals surface area contributed by atoms with Crippen LogP contribution in [0.2, 0.25) is 0 Å². The first-order valence-corrected chi connectivity index (χ1v) is 6.23. The highest BCUT2D eigenvalue weighted by atomic mass is 32.2. The van der Waals surface area contributed by atoms with Crippen molar-refractivity contribution < 1.29 is 8.42 Å². The van der Waals surface area contributed by atoms with Crippen molar-refractivity contribution in [1.82, 2.24) is 15.2 Å². The van der Waals surface area contributed by atoms with Crippen molar-refractivity contribution in [3.63, 3.8) is 0 Å². The zero-order chi connectivity index (χ0) is 13.2. The van der Waals surface area contributed by atoms with Crippen LogP contribution in [-0.4, -0.2) is 23.6 Å². The molecule has 0 atom stereocenters. The van der Waals surface area contributed by atoms with Crippen LogP contribution in [0.4, 0.5) is 5.82 Å². The molecule has 0 saturated heterocycles. The number of anilines is 1. The smallest absolute Gasteiger partial charge is 0.264 e. The quantitative estimate of drug-likeness (QED) is 0.676. The van der Waals surface area contributed by atoms with Gasteiger partial charge in [-0.3, -0.25) is 14.3 Å². The minimum absolute atomic E-state index is 0.0270. The molecule has 94 valence electrons. The Bertz CT molecular complexity index is 737. The number of hydrogen-bond acceptors (Lipinski definition) is 5. The number of nitrogens with zero attached hydrogens (tertiary/aromatic N) is 1. The monoisotopic (exact) mass is 268 g/mol. The first-order chi connectivity index (χ1) is 8.47. The van der Waals surface area contributed by atoms with E-state index in [0.29, 0.717) is 0 Å². The molecule has 0 saturated carbocycles. The van der Waals surface area contributed by atoms with Crippen molar-refractivity contribution in [3.05, 3.63) is 51.2 Å². The summed E-state index contributed by atoms with van der Waals surface area (Å²) < 4.78 is 25.8. The Balaban J connectivity index is 2.32. The third kappa shape index (κ3) is 2.63. The normalized spacial score (nSPS) is 11.1. The molecule has 8 nitrogen and oxygen atoms in total. The summed E-state index contributed by atoms with van der Waals surface area (Å²) >= 11 is 0. The van der Waals surface area contributed by atoms with Gasteiger partial charge >= 0.3 is 0 Å². The predicted molar refractivity (Wildman–Crippen MR) is 62.7 cm³/mol. The topological polar surface area (TPSA) is 125 Å². The maximum Gasteiger partial charge on any atom is 0.264 e. The maximum atomic E-state index is 11.8. The molecular formula is C9H8N4O4S. The number of nitrogens with one attached hydrogen (secondary N) is 3. The molecule has 18 heavy (non-hydrogen) atoms. The Labute approximate surface area is 101 Å². The van der Waals surface area contributed by atoms with Crippen molar-refractivity contribution in [1.29, 1.82) is 0 Å². The van der Waals surface area contributed by atoms with Gasteiger partial charge in [0.05, 0.1) is 0 Å². The van der Waals surface area contributed by atoms with Gasteiger partial charge in [0.2, 0.25) is 5.56 Å². The van der Waals surface area contributed by atoms with Crippen LogP contribution in [0.5, 0.6) is 0 Å². The van der Waals surface area contributed by atoms with E-state index < -0.39 is 21.1 Å². The third-order valence-corrected chi connectivity index (χ3v) is 3.34. The van der Waals surface area contributed by atoms with Crippen LogP contribution in [0, 0.1) is 0 Å². The summed E-state index contributed by atoms with van der Waals surface area (Å²) in [6, 6.07) is 4.61.